The van der Waals surface area contributed by atoms with Crippen LogP contribution < -0.4 is 0 Å². The summed E-state index contributed by atoms with van der Waals surface area (Å²) in [4.78, 5) is 20.0. The van der Waals surface area contributed by atoms with Gasteiger partial charge in [-0.15, -0.1) is 0 Å². The van der Waals surface area contributed by atoms with Gasteiger partial charge in [-0.1, -0.05) is 11.8 Å². The number of benzene rings is 1. The second-order valence-corrected chi connectivity index (χ2v) is 4.80. The van der Waals surface area contributed by atoms with E-state index < -0.39 is 5.82 Å². The molecule has 0 saturated heterocycles. The highest BCUT2D eigenvalue weighted by atomic mass is 32.2. The number of hydrogen-bond donors (Lipinski definition) is 1. The summed E-state index contributed by atoms with van der Waals surface area (Å²) in [6.45, 7) is 1.83. The van der Waals surface area contributed by atoms with E-state index in [1.54, 1.807) is 12.3 Å². The summed E-state index contributed by atoms with van der Waals surface area (Å²) in [5.41, 5.74) is 0.777. The van der Waals surface area contributed by atoms with Crippen LogP contribution in [0.15, 0.2) is 35.6 Å². The summed E-state index contributed by atoms with van der Waals surface area (Å²) >= 11 is 1.15. The minimum Gasteiger partial charge on any atom is -0.507 e. The van der Waals surface area contributed by atoms with Crippen molar-refractivity contribution in [1.82, 2.24) is 9.97 Å². The van der Waals surface area contributed by atoms with Gasteiger partial charge < -0.3 is 5.11 Å². The molecule has 0 atom stereocenters. The van der Waals surface area contributed by atoms with Crippen LogP contribution in [0.4, 0.5) is 4.39 Å². The van der Waals surface area contributed by atoms with Crippen molar-refractivity contribution in [2.45, 2.75) is 12.1 Å². The van der Waals surface area contributed by atoms with E-state index in [4.69, 9.17) is 0 Å². The molecular weight excluding hydrogens is 267 g/mol. The van der Waals surface area contributed by atoms with E-state index in [0.29, 0.717) is 5.16 Å². The van der Waals surface area contributed by atoms with Crippen LogP contribution in [0, 0.1) is 12.7 Å². The van der Waals surface area contributed by atoms with E-state index in [1.807, 2.05) is 6.92 Å². The molecule has 0 saturated carbocycles. The summed E-state index contributed by atoms with van der Waals surface area (Å²) in [5.74, 6) is -1.11. The van der Waals surface area contributed by atoms with Crippen LogP contribution in [0.3, 0.4) is 0 Å². The van der Waals surface area contributed by atoms with Crippen LogP contribution in [0.1, 0.15) is 16.1 Å². The van der Waals surface area contributed by atoms with E-state index >= 15 is 0 Å². The quantitative estimate of drug-likeness (QED) is 0.529. The van der Waals surface area contributed by atoms with Gasteiger partial charge in [0.1, 0.15) is 11.6 Å². The van der Waals surface area contributed by atoms with Gasteiger partial charge in [-0.05, 0) is 31.2 Å². The maximum atomic E-state index is 13.0. The molecular formula is C13H11FN2O2S. The second kappa shape index (κ2) is 5.79. The van der Waals surface area contributed by atoms with Gasteiger partial charge in [0.25, 0.3) is 0 Å². The molecule has 19 heavy (non-hydrogen) atoms. The highest BCUT2D eigenvalue weighted by Gasteiger charge is 2.13. The molecule has 4 nitrogen and oxygen atoms in total. The first kappa shape index (κ1) is 13.5. The number of aryl methyl sites for hydroxylation is 1. The van der Waals surface area contributed by atoms with Crippen LogP contribution >= 0.6 is 11.8 Å². The lowest BCUT2D eigenvalue weighted by Gasteiger charge is -2.03. The van der Waals surface area contributed by atoms with Gasteiger partial charge in [-0.3, -0.25) is 4.79 Å². The predicted molar refractivity (Wildman–Crippen MR) is 69.9 cm³/mol. The molecule has 0 amide bonds. The fraction of sp³-hybridized carbons (Fsp3) is 0.154. The number of halogens is 1. The maximum Gasteiger partial charge on any atom is 0.188 e. The lowest BCUT2D eigenvalue weighted by molar-refractivity contribution is 0.101. The van der Waals surface area contributed by atoms with Gasteiger partial charge in [-0.25, -0.2) is 14.4 Å². The van der Waals surface area contributed by atoms with Gasteiger partial charge in [0.15, 0.2) is 10.9 Å². The van der Waals surface area contributed by atoms with E-state index in [0.717, 1.165) is 35.7 Å². The molecule has 98 valence electrons. The Morgan fingerprint density at radius 3 is 2.95 bits per heavy atom. The number of rotatable bonds is 4. The fourth-order valence-electron chi connectivity index (χ4n) is 1.43. The summed E-state index contributed by atoms with van der Waals surface area (Å²) < 4.78 is 13.0. The first-order valence-corrected chi connectivity index (χ1v) is 6.49. The van der Waals surface area contributed by atoms with Gasteiger partial charge >= 0.3 is 0 Å². The zero-order valence-electron chi connectivity index (χ0n) is 10.1. The fourth-order valence-corrected chi connectivity index (χ4v) is 2.19. The zero-order valence-corrected chi connectivity index (χ0v) is 10.9. The topological polar surface area (TPSA) is 63.1 Å². The molecule has 1 N–H and O–H groups in total. The SMILES string of the molecule is Cc1ccnc(SCC(=O)c2cc(F)ccc2O)n1. The molecule has 2 rings (SSSR count). The van der Waals surface area contributed by atoms with Crippen molar-refractivity contribution < 1.29 is 14.3 Å². The molecule has 1 aromatic carbocycles. The maximum absolute atomic E-state index is 13.0. The molecule has 0 spiro atoms. The number of carbonyl (C=O) groups excluding carboxylic acids is 1. The number of carbonyl (C=O) groups is 1. The summed E-state index contributed by atoms with van der Waals surface area (Å²) in [7, 11) is 0. The molecule has 0 unspecified atom stereocenters. The summed E-state index contributed by atoms with van der Waals surface area (Å²) in [6.07, 6.45) is 1.61. The van der Waals surface area contributed by atoms with Crippen molar-refractivity contribution in [2.24, 2.45) is 0 Å². The second-order valence-electron chi connectivity index (χ2n) is 3.85. The minimum atomic E-state index is -0.557. The number of hydrogen-bond acceptors (Lipinski definition) is 5. The Bertz CT molecular complexity index is 619. The average molecular weight is 278 g/mol. The Labute approximate surface area is 113 Å². The Hall–Kier alpha value is -1.95. The van der Waals surface area contributed by atoms with Crippen molar-refractivity contribution in [1.29, 1.82) is 0 Å². The van der Waals surface area contributed by atoms with Gasteiger partial charge in [0.05, 0.1) is 11.3 Å². The number of ketones is 1. The first-order chi connectivity index (χ1) is 9.06. The van der Waals surface area contributed by atoms with Crippen LogP contribution in [-0.4, -0.2) is 26.6 Å². The lowest BCUT2D eigenvalue weighted by atomic mass is 10.1. The number of nitrogens with zero attached hydrogens (tertiary/aromatic N) is 2. The summed E-state index contributed by atoms with van der Waals surface area (Å²) in [5, 5.41) is 9.99. The van der Waals surface area contributed by atoms with Crippen LogP contribution in [0.25, 0.3) is 0 Å². The van der Waals surface area contributed by atoms with E-state index in [9.17, 15) is 14.3 Å². The van der Waals surface area contributed by atoms with E-state index in [2.05, 4.69) is 9.97 Å². The highest BCUT2D eigenvalue weighted by molar-refractivity contribution is 7.99. The molecule has 0 aliphatic rings. The summed E-state index contributed by atoms with van der Waals surface area (Å²) in [6, 6.07) is 5.04. The largest absolute Gasteiger partial charge is 0.507 e. The minimum absolute atomic E-state index is 0.0276. The molecule has 2 aromatic rings. The van der Waals surface area contributed by atoms with Crippen LogP contribution in [-0.2, 0) is 0 Å². The number of aromatic nitrogens is 2. The molecule has 1 aromatic heterocycles. The number of phenols is 1. The Morgan fingerprint density at radius 1 is 1.42 bits per heavy atom. The lowest BCUT2D eigenvalue weighted by Crippen LogP contribution is -2.04. The normalized spacial score (nSPS) is 10.4. The third kappa shape index (κ3) is 3.51. The van der Waals surface area contributed by atoms with Gasteiger partial charge in [0.2, 0.25) is 0 Å². The molecule has 6 heteroatoms. The van der Waals surface area contributed by atoms with Crippen molar-refractivity contribution >= 4 is 17.5 Å². The Kier molecular flexibility index (Phi) is 4.11. The molecule has 0 aliphatic heterocycles. The molecule has 0 radical (unpaired) electrons. The molecule has 0 aliphatic carbocycles. The highest BCUT2D eigenvalue weighted by Crippen LogP contribution is 2.21. The van der Waals surface area contributed by atoms with Crippen molar-refractivity contribution in [2.75, 3.05) is 5.75 Å². The monoisotopic (exact) mass is 278 g/mol. The zero-order chi connectivity index (χ0) is 13.8. The van der Waals surface area contributed by atoms with Gasteiger partial charge in [-0.2, -0.15) is 0 Å². The number of Topliss-reactive ketones (excluding diaryl/α,β-unsaturated/α-hetero) is 1. The third-order valence-corrected chi connectivity index (χ3v) is 3.23. The smallest absolute Gasteiger partial charge is 0.188 e. The Morgan fingerprint density at radius 2 is 2.21 bits per heavy atom. The van der Waals surface area contributed by atoms with E-state index in [-0.39, 0.29) is 22.8 Å². The number of thioether (sulfide) groups is 1. The van der Waals surface area contributed by atoms with Crippen molar-refractivity contribution in [3.05, 3.63) is 47.5 Å². The standard InChI is InChI=1S/C13H11FN2O2S/c1-8-4-5-15-13(16-8)19-7-12(18)10-6-9(14)2-3-11(10)17/h2-6,17H,7H2,1H3. The number of phenolic OH excluding ortho intramolecular Hbond substituents is 1. The van der Waals surface area contributed by atoms with Crippen molar-refractivity contribution in [3.8, 4) is 5.75 Å². The average Bonchev–Trinajstić information content (AvgIpc) is 2.39. The first-order valence-electron chi connectivity index (χ1n) is 5.50. The molecule has 0 bridgehead atoms. The number of aromatic hydroxyl groups is 1. The van der Waals surface area contributed by atoms with Gasteiger partial charge in [0, 0.05) is 11.9 Å². The van der Waals surface area contributed by atoms with Crippen molar-refractivity contribution in [3.63, 3.8) is 0 Å². The van der Waals surface area contributed by atoms with E-state index in [1.165, 1.54) is 0 Å². The molecule has 1 heterocycles. The van der Waals surface area contributed by atoms with Crippen LogP contribution in [0.5, 0.6) is 5.75 Å². The third-order valence-electron chi connectivity index (χ3n) is 2.36. The van der Waals surface area contributed by atoms with Crippen LogP contribution in [0.2, 0.25) is 0 Å². The predicted octanol–water partition coefficient (Wildman–Crippen LogP) is 2.60. The Balaban J connectivity index is 2.07. The molecule has 0 fully saturated rings.